The van der Waals surface area contributed by atoms with Gasteiger partial charge in [-0.05, 0) is 12.8 Å². The normalized spacial score (nSPS) is 33.0. The van der Waals surface area contributed by atoms with Crippen molar-refractivity contribution in [3.05, 3.63) is 0 Å². The van der Waals surface area contributed by atoms with Gasteiger partial charge in [-0.15, -0.1) is 0 Å². The van der Waals surface area contributed by atoms with E-state index in [2.05, 4.69) is 19.3 Å². The molecule has 60 valence electrons. The summed E-state index contributed by atoms with van der Waals surface area (Å²) in [6, 6.07) is 0. The van der Waals surface area contributed by atoms with E-state index in [0.29, 0.717) is 6.10 Å². The second kappa shape index (κ2) is 3.94. The fourth-order valence-corrected chi connectivity index (χ4v) is 1.57. The van der Waals surface area contributed by atoms with Crippen molar-refractivity contribution in [2.45, 2.75) is 39.2 Å². The van der Waals surface area contributed by atoms with Crippen LogP contribution in [0.1, 0.15) is 33.1 Å². The van der Waals surface area contributed by atoms with Gasteiger partial charge in [0.05, 0.1) is 6.10 Å². The second-order valence-electron chi connectivity index (χ2n) is 2.96. The second-order valence-corrected chi connectivity index (χ2v) is 2.96. The average molecular weight is 143 g/mol. The van der Waals surface area contributed by atoms with Crippen LogP contribution < -0.4 is 5.48 Å². The average Bonchev–Trinajstić information content (AvgIpc) is 2.36. The minimum absolute atomic E-state index is 0.472. The highest BCUT2D eigenvalue weighted by Crippen LogP contribution is 2.20. The van der Waals surface area contributed by atoms with Gasteiger partial charge in [0.15, 0.2) is 0 Å². The molecule has 0 bridgehead atoms. The molecule has 1 heterocycles. The smallest absolute Gasteiger partial charge is 0.0828 e. The topological polar surface area (TPSA) is 21.3 Å². The summed E-state index contributed by atoms with van der Waals surface area (Å²) in [5, 5.41) is 0. The SMILES string of the molecule is CCCC1CNOC1CC. The zero-order chi connectivity index (χ0) is 7.40. The van der Waals surface area contributed by atoms with Crippen molar-refractivity contribution >= 4 is 0 Å². The molecule has 0 amide bonds. The van der Waals surface area contributed by atoms with Crippen molar-refractivity contribution < 1.29 is 4.84 Å². The number of rotatable bonds is 3. The highest BCUT2D eigenvalue weighted by atomic mass is 16.7. The highest BCUT2D eigenvalue weighted by molar-refractivity contribution is 4.73. The first-order valence-corrected chi connectivity index (χ1v) is 4.27. The molecule has 2 atom stereocenters. The third-order valence-corrected chi connectivity index (χ3v) is 2.17. The Bertz CT molecular complexity index is 95.3. The van der Waals surface area contributed by atoms with Crippen molar-refractivity contribution in [1.82, 2.24) is 5.48 Å². The number of hydroxylamine groups is 1. The monoisotopic (exact) mass is 143 g/mol. The van der Waals surface area contributed by atoms with E-state index in [1.54, 1.807) is 0 Å². The maximum Gasteiger partial charge on any atom is 0.0828 e. The molecule has 2 heteroatoms. The van der Waals surface area contributed by atoms with Crippen molar-refractivity contribution in [2.24, 2.45) is 5.92 Å². The first-order chi connectivity index (χ1) is 4.88. The molecule has 1 saturated heterocycles. The van der Waals surface area contributed by atoms with Crippen LogP contribution in [0.4, 0.5) is 0 Å². The molecule has 0 radical (unpaired) electrons. The molecule has 0 aliphatic carbocycles. The molecule has 0 aromatic heterocycles. The molecule has 1 rings (SSSR count). The van der Waals surface area contributed by atoms with E-state index in [4.69, 9.17) is 4.84 Å². The number of nitrogens with one attached hydrogen (secondary N) is 1. The fourth-order valence-electron chi connectivity index (χ4n) is 1.57. The van der Waals surface area contributed by atoms with E-state index in [1.807, 2.05) is 0 Å². The van der Waals surface area contributed by atoms with Crippen LogP contribution in [0.2, 0.25) is 0 Å². The molecule has 0 aromatic rings. The van der Waals surface area contributed by atoms with Gasteiger partial charge in [0.1, 0.15) is 0 Å². The lowest BCUT2D eigenvalue weighted by molar-refractivity contribution is 0.0202. The Hall–Kier alpha value is -0.0800. The van der Waals surface area contributed by atoms with E-state index >= 15 is 0 Å². The van der Waals surface area contributed by atoms with Gasteiger partial charge in [0.25, 0.3) is 0 Å². The molecule has 2 unspecified atom stereocenters. The van der Waals surface area contributed by atoms with Gasteiger partial charge in [0.2, 0.25) is 0 Å². The van der Waals surface area contributed by atoms with Crippen LogP contribution in [-0.2, 0) is 4.84 Å². The molecule has 0 spiro atoms. The van der Waals surface area contributed by atoms with Crippen molar-refractivity contribution in [1.29, 1.82) is 0 Å². The molecule has 1 aliphatic rings. The van der Waals surface area contributed by atoms with Crippen LogP contribution >= 0.6 is 0 Å². The summed E-state index contributed by atoms with van der Waals surface area (Å²) in [6.07, 6.45) is 4.18. The standard InChI is InChI=1S/C8H17NO/c1-3-5-7-6-9-10-8(7)4-2/h7-9H,3-6H2,1-2H3. The van der Waals surface area contributed by atoms with Gasteiger partial charge in [-0.3, -0.25) is 4.84 Å². The molecule has 10 heavy (non-hydrogen) atoms. The maximum absolute atomic E-state index is 5.32. The van der Waals surface area contributed by atoms with E-state index in [1.165, 1.54) is 12.8 Å². The molecule has 0 aromatic carbocycles. The van der Waals surface area contributed by atoms with Crippen molar-refractivity contribution in [3.63, 3.8) is 0 Å². The summed E-state index contributed by atoms with van der Waals surface area (Å²) in [5.74, 6) is 0.759. The van der Waals surface area contributed by atoms with Gasteiger partial charge < -0.3 is 0 Å². The third-order valence-electron chi connectivity index (χ3n) is 2.17. The maximum atomic E-state index is 5.32. The Morgan fingerprint density at radius 1 is 1.50 bits per heavy atom. The van der Waals surface area contributed by atoms with E-state index in [0.717, 1.165) is 18.9 Å². The summed E-state index contributed by atoms with van der Waals surface area (Å²) in [7, 11) is 0. The molecule has 1 N–H and O–H groups in total. The zero-order valence-electron chi connectivity index (χ0n) is 6.89. The largest absolute Gasteiger partial charge is 0.298 e. The molecule has 1 fully saturated rings. The number of hydrogen-bond donors (Lipinski definition) is 1. The first-order valence-electron chi connectivity index (χ1n) is 4.27. The van der Waals surface area contributed by atoms with Crippen LogP contribution in [0.15, 0.2) is 0 Å². The molecular formula is C8H17NO. The Morgan fingerprint density at radius 2 is 2.30 bits per heavy atom. The number of hydrogen-bond acceptors (Lipinski definition) is 2. The van der Waals surface area contributed by atoms with Crippen LogP contribution in [0.3, 0.4) is 0 Å². The Labute approximate surface area is 62.9 Å². The van der Waals surface area contributed by atoms with Crippen molar-refractivity contribution in [3.8, 4) is 0 Å². The summed E-state index contributed by atoms with van der Waals surface area (Å²) in [4.78, 5) is 5.32. The predicted octanol–water partition coefficient (Wildman–Crippen LogP) is 1.72. The highest BCUT2D eigenvalue weighted by Gasteiger charge is 2.25. The fraction of sp³-hybridized carbons (Fsp3) is 1.00. The van der Waals surface area contributed by atoms with Gasteiger partial charge in [-0.2, -0.15) is 0 Å². The van der Waals surface area contributed by atoms with E-state index in [-0.39, 0.29) is 0 Å². The molecule has 0 saturated carbocycles. The molecule has 2 nitrogen and oxygen atoms in total. The summed E-state index contributed by atoms with van der Waals surface area (Å²) >= 11 is 0. The van der Waals surface area contributed by atoms with Crippen LogP contribution in [0, 0.1) is 5.92 Å². The summed E-state index contributed by atoms with van der Waals surface area (Å²) in [6.45, 7) is 5.46. The summed E-state index contributed by atoms with van der Waals surface area (Å²) in [5.41, 5.74) is 2.96. The third kappa shape index (κ3) is 1.70. The van der Waals surface area contributed by atoms with E-state index in [9.17, 15) is 0 Å². The lowest BCUT2D eigenvalue weighted by Crippen LogP contribution is -2.15. The van der Waals surface area contributed by atoms with Gasteiger partial charge in [-0.25, -0.2) is 5.48 Å². The Morgan fingerprint density at radius 3 is 2.90 bits per heavy atom. The van der Waals surface area contributed by atoms with Crippen LogP contribution in [0.5, 0.6) is 0 Å². The van der Waals surface area contributed by atoms with Gasteiger partial charge in [0, 0.05) is 12.5 Å². The predicted molar refractivity (Wildman–Crippen MR) is 41.6 cm³/mol. The lowest BCUT2D eigenvalue weighted by Gasteiger charge is -2.12. The van der Waals surface area contributed by atoms with Crippen LogP contribution in [0.25, 0.3) is 0 Å². The summed E-state index contributed by atoms with van der Waals surface area (Å²) < 4.78 is 0. The van der Waals surface area contributed by atoms with Gasteiger partial charge in [-0.1, -0.05) is 20.3 Å². The Kier molecular flexibility index (Phi) is 3.16. The zero-order valence-corrected chi connectivity index (χ0v) is 6.89. The minimum atomic E-state index is 0.472. The molecule has 1 aliphatic heterocycles. The van der Waals surface area contributed by atoms with Crippen molar-refractivity contribution in [2.75, 3.05) is 6.54 Å². The van der Waals surface area contributed by atoms with E-state index < -0.39 is 0 Å². The van der Waals surface area contributed by atoms with Crippen LogP contribution in [-0.4, -0.2) is 12.6 Å². The minimum Gasteiger partial charge on any atom is -0.298 e. The quantitative estimate of drug-likeness (QED) is 0.649. The van der Waals surface area contributed by atoms with Gasteiger partial charge >= 0.3 is 0 Å². The molecular weight excluding hydrogens is 126 g/mol. The first kappa shape index (κ1) is 8.02. The lowest BCUT2D eigenvalue weighted by atomic mass is 9.97. The Balaban J connectivity index is 2.27.